The summed E-state index contributed by atoms with van der Waals surface area (Å²) in [6.07, 6.45) is 47.0. The Bertz CT molecular complexity index is 682. The molecule has 0 aromatic heterocycles. The molecule has 238 valence electrons. The lowest BCUT2D eigenvalue weighted by Crippen LogP contribution is -1.93. The number of unbranched alkanes of at least 4 members (excludes halogenated alkanes) is 13. The molecule has 0 saturated heterocycles. The van der Waals surface area contributed by atoms with Crippen molar-refractivity contribution in [3.05, 3.63) is 60.8 Å². The first kappa shape index (κ1) is 43.3. The molecule has 0 amide bonds. The van der Waals surface area contributed by atoms with Crippen LogP contribution in [0.2, 0.25) is 0 Å². The summed E-state index contributed by atoms with van der Waals surface area (Å²) in [5.74, 6) is -0.355. The number of rotatable bonds is 27. The van der Waals surface area contributed by atoms with Crippen LogP contribution in [0.15, 0.2) is 60.8 Å². The van der Waals surface area contributed by atoms with E-state index in [1.807, 2.05) is 0 Å². The fourth-order valence-electron chi connectivity index (χ4n) is 4.03. The summed E-state index contributed by atoms with van der Waals surface area (Å²) < 4.78 is 0. The quantitative estimate of drug-likeness (QED) is 0.0786. The van der Waals surface area contributed by atoms with E-state index >= 15 is 0 Å². The zero-order valence-electron chi connectivity index (χ0n) is 26.6. The molecule has 0 aliphatic carbocycles. The molecule has 3 heteroatoms. The smallest absolute Gasteiger partial charge is 0.303 e. The van der Waals surface area contributed by atoms with E-state index < -0.39 is 5.97 Å². The van der Waals surface area contributed by atoms with Gasteiger partial charge in [0.05, 0.1) is 0 Å². The molecule has 0 fully saturated rings. The number of carbonyl (C=O) groups is 2. The maximum atomic E-state index is 10.8. The van der Waals surface area contributed by atoms with Crippen LogP contribution in [-0.2, 0) is 9.59 Å². The monoisotopic (exact) mass is 573 g/mol. The molecule has 0 aromatic carbocycles. The lowest BCUT2D eigenvalue weighted by molar-refractivity contribution is -0.137. The molecular weight excluding hydrogens is 504 g/mol. The minimum absolute atomic E-state index is 0. The van der Waals surface area contributed by atoms with Crippen LogP contribution in [0.1, 0.15) is 169 Å². The van der Waals surface area contributed by atoms with E-state index in [9.17, 15) is 9.59 Å². The van der Waals surface area contributed by atoms with E-state index in [-0.39, 0.29) is 7.43 Å². The van der Waals surface area contributed by atoms with E-state index in [2.05, 4.69) is 74.6 Å². The molecule has 1 N–H and O–H groups in total. The van der Waals surface area contributed by atoms with E-state index in [4.69, 9.17) is 5.11 Å². The summed E-state index contributed by atoms with van der Waals surface area (Å²) in [7, 11) is 0. The van der Waals surface area contributed by atoms with Crippen LogP contribution in [0.4, 0.5) is 0 Å². The van der Waals surface area contributed by atoms with Crippen LogP contribution in [0.25, 0.3) is 0 Å². The molecule has 0 unspecified atom stereocenters. The van der Waals surface area contributed by atoms with Gasteiger partial charge in [0.15, 0.2) is 0 Å². The number of ketones is 1. The first-order valence-electron chi connectivity index (χ1n) is 16.5. The van der Waals surface area contributed by atoms with Gasteiger partial charge in [-0.1, -0.05) is 114 Å². The van der Waals surface area contributed by atoms with E-state index in [1.54, 1.807) is 6.92 Å². The molecule has 0 aliphatic heterocycles. The number of aliphatic carboxylic acids is 1. The summed E-state index contributed by atoms with van der Waals surface area (Å²) in [4.78, 5) is 21.1. The standard InChI is InChI=1S/C19H32O.C18H32O2.CH4/c1-3-4-5-6-7-8-9-10-11-12-13-14-15-16-17-18-19(2)20;1-2-3-4-5-6-7-8-9-10-11-12-13-14-15-16-17-18(19)20;/h4-5,7-8,12-13H,3,6,9-11,14-18H2,1-2H3;6-7,10-11H,2-5,8-9,12-17H2,1H3,(H,19,20);1H4/b5-4-,8-7-,13-12-;7-6-,11-10-;. The average molecular weight is 573 g/mol. The third-order valence-electron chi connectivity index (χ3n) is 6.47. The van der Waals surface area contributed by atoms with Crippen LogP contribution in [0.3, 0.4) is 0 Å². The molecule has 0 heterocycles. The Balaban J connectivity index is -0.000000688. The summed E-state index contributed by atoms with van der Waals surface area (Å²) in [5.41, 5.74) is 0. The van der Waals surface area contributed by atoms with Crippen molar-refractivity contribution in [3.8, 4) is 0 Å². The topological polar surface area (TPSA) is 54.4 Å². The third kappa shape index (κ3) is 47.9. The third-order valence-corrected chi connectivity index (χ3v) is 6.47. The maximum absolute atomic E-state index is 10.8. The molecule has 3 nitrogen and oxygen atoms in total. The molecular formula is C38H68O3. The van der Waals surface area contributed by atoms with Gasteiger partial charge in [-0.25, -0.2) is 0 Å². The second-order valence-corrected chi connectivity index (χ2v) is 10.7. The molecule has 0 bridgehead atoms. The predicted octanol–water partition coefficient (Wildman–Crippen LogP) is 12.7. The molecule has 0 aliphatic rings. The van der Waals surface area contributed by atoms with Gasteiger partial charge in [0.1, 0.15) is 5.78 Å². The summed E-state index contributed by atoms with van der Waals surface area (Å²) in [6, 6.07) is 0. The lowest BCUT2D eigenvalue weighted by Gasteiger charge is -1.96. The second kappa shape index (κ2) is 40.0. The molecule has 0 rings (SSSR count). The minimum atomic E-state index is -0.673. The van der Waals surface area contributed by atoms with Crippen molar-refractivity contribution in [2.75, 3.05) is 0 Å². The number of carboxylic acid groups (broad SMARTS) is 1. The SMILES string of the molecule is C.CC/C=C\C/C=C\CCC/C=C\CCCCCC(C)=O.CCCCC/C=C\CC/C=C\CCCCCCC(=O)O. The van der Waals surface area contributed by atoms with Crippen LogP contribution >= 0.6 is 0 Å². The zero-order chi connectivity index (χ0) is 29.8. The summed E-state index contributed by atoms with van der Waals surface area (Å²) in [5, 5.41) is 8.50. The molecule has 0 saturated carbocycles. The molecule has 0 atom stereocenters. The van der Waals surface area contributed by atoms with Gasteiger partial charge in [-0.15, -0.1) is 0 Å². The lowest BCUT2D eigenvalue weighted by atomic mass is 10.1. The van der Waals surface area contributed by atoms with Gasteiger partial charge in [-0.05, 0) is 103 Å². The van der Waals surface area contributed by atoms with Gasteiger partial charge < -0.3 is 9.90 Å². The molecule has 0 radical (unpaired) electrons. The Labute approximate surface area is 256 Å². The van der Waals surface area contributed by atoms with Crippen LogP contribution in [0.5, 0.6) is 0 Å². The first-order chi connectivity index (χ1) is 19.5. The summed E-state index contributed by atoms with van der Waals surface area (Å²) in [6.45, 7) is 6.07. The zero-order valence-corrected chi connectivity index (χ0v) is 26.6. The van der Waals surface area contributed by atoms with Crippen molar-refractivity contribution >= 4 is 11.8 Å². The van der Waals surface area contributed by atoms with Crippen LogP contribution < -0.4 is 0 Å². The van der Waals surface area contributed by atoms with Crippen molar-refractivity contribution in [1.82, 2.24) is 0 Å². The molecule has 41 heavy (non-hydrogen) atoms. The molecule has 0 spiro atoms. The predicted molar refractivity (Wildman–Crippen MR) is 184 cm³/mol. The normalized spacial score (nSPS) is 11.6. The van der Waals surface area contributed by atoms with Crippen molar-refractivity contribution in [3.63, 3.8) is 0 Å². The van der Waals surface area contributed by atoms with E-state index in [0.29, 0.717) is 12.2 Å². The number of hydrogen-bond donors (Lipinski definition) is 1. The number of Topliss-reactive ketones (excluding diaryl/α,β-unsaturated/α-hetero) is 1. The Morgan fingerprint density at radius 2 is 0.902 bits per heavy atom. The number of hydrogen-bond acceptors (Lipinski definition) is 2. The van der Waals surface area contributed by atoms with Gasteiger partial charge in [-0.3, -0.25) is 4.79 Å². The van der Waals surface area contributed by atoms with Gasteiger partial charge in [0.25, 0.3) is 0 Å². The molecule has 0 aromatic rings. The van der Waals surface area contributed by atoms with Crippen molar-refractivity contribution in [2.45, 2.75) is 169 Å². The second-order valence-electron chi connectivity index (χ2n) is 10.7. The number of carboxylic acids is 1. The Morgan fingerprint density at radius 1 is 0.488 bits per heavy atom. The van der Waals surface area contributed by atoms with Gasteiger partial charge in [0.2, 0.25) is 0 Å². The minimum Gasteiger partial charge on any atom is -0.481 e. The van der Waals surface area contributed by atoms with Crippen molar-refractivity contribution < 1.29 is 14.7 Å². The van der Waals surface area contributed by atoms with Crippen LogP contribution in [0, 0.1) is 0 Å². The first-order valence-corrected chi connectivity index (χ1v) is 16.5. The van der Waals surface area contributed by atoms with Gasteiger partial charge >= 0.3 is 5.97 Å². The van der Waals surface area contributed by atoms with Gasteiger partial charge in [-0.2, -0.15) is 0 Å². The number of carbonyl (C=O) groups excluding carboxylic acids is 1. The Morgan fingerprint density at radius 3 is 1.41 bits per heavy atom. The fraction of sp³-hybridized carbons (Fsp3) is 0.684. The largest absolute Gasteiger partial charge is 0.481 e. The Kier molecular flexibility index (Phi) is 42.2. The van der Waals surface area contributed by atoms with Gasteiger partial charge in [0, 0.05) is 12.8 Å². The average Bonchev–Trinajstić information content (AvgIpc) is 2.93. The Hall–Kier alpha value is -2.16. The summed E-state index contributed by atoms with van der Waals surface area (Å²) >= 11 is 0. The van der Waals surface area contributed by atoms with Crippen molar-refractivity contribution in [2.24, 2.45) is 0 Å². The van der Waals surface area contributed by atoms with E-state index in [0.717, 1.165) is 70.6 Å². The highest BCUT2D eigenvalue weighted by Crippen LogP contribution is 2.08. The van der Waals surface area contributed by atoms with E-state index in [1.165, 1.54) is 64.2 Å². The highest BCUT2D eigenvalue weighted by atomic mass is 16.4. The van der Waals surface area contributed by atoms with Crippen LogP contribution in [-0.4, -0.2) is 16.9 Å². The highest BCUT2D eigenvalue weighted by Gasteiger charge is 1.95. The maximum Gasteiger partial charge on any atom is 0.303 e. The van der Waals surface area contributed by atoms with Crippen molar-refractivity contribution in [1.29, 1.82) is 0 Å². The fourth-order valence-corrected chi connectivity index (χ4v) is 4.03. The highest BCUT2D eigenvalue weighted by molar-refractivity contribution is 5.75. The number of allylic oxidation sites excluding steroid dienone is 10.